The Balaban J connectivity index is 1.52. The van der Waals surface area contributed by atoms with Crippen molar-refractivity contribution in [2.45, 2.75) is 31.2 Å². The van der Waals surface area contributed by atoms with Gasteiger partial charge in [-0.05, 0) is 49.6 Å². The van der Waals surface area contributed by atoms with Crippen LogP contribution in [0.1, 0.15) is 37.1 Å². The topological polar surface area (TPSA) is 55.1 Å². The number of halogens is 1. The highest BCUT2D eigenvalue weighted by Crippen LogP contribution is 2.49. The van der Waals surface area contributed by atoms with Gasteiger partial charge in [0.15, 0.2) is 5.76 Å². The van der Waals surface area contributed by atoms with Crippen molar-refractivity contribution in [2.24, 2.45) is 0 Å². The Kier molecular flexibility index (Phi) is 4.29. The summed E-state index contributed by atoms with van der Waals surface area (Å²) in [5.74, 6) is 0.650. The van der Waals surface area contributed by atoms with Gasteiger partial charge in [0.05, 0.1) is 17.2 Å². The second-order valence-corrected chi connectivity index (χ2v) is 7.21. The molecule has 0 saturated heterocycles. The van der Waals surface area contributed by atoms with Crippen molar-refractivity contribution in [3.05, 3.63) is 76.9 Å². The Morgan fingerprint density at radius 3 is 2.50 bits per heavy atom. The average Bonchev–Trinajstić information content (AvgIpc) is 3.33. The van der Waals surface area contributed by atoms with Crippen molar-refractivity contribution < 1.29 is 9.32 Å². The smallest absolute Gasteiger partial charge is 0.232 e. The zero-order chi connectivity index (χ0) is 18.1. The molecule has 4 rings (SSSR count). The molecule has 4 nitrogen and oxygen atoms in total. The second kappa shape index (κ2) is 6.61. The number of nitrogens with zero attached hydrogens (tertiary/aromatic N) is 1. The summed E-state index contributed by atoms with van der Waals surface area (Å²) < 4.78 is 5.48. The minimum absolute atomic E-state index is 0.00445. The van der Waals surface area contributed by atoms with Crippen molar-refractivity contribution >= 4 is 17.5 Å². The summed E-state index contributed by atoms with van der Waals surface area (Å²) >= 11 is 5.93. The predicted molar refractivity (Wildman–Crippen MR) is 101 cm³/mol. The summed E-state index contributed by atoms with van der Waals surface area (Å²) in [7, 11) is 0. The fraction of sp³-hybridized carbons (Fsp3) is 0.238. The minimum Gasteiger partial charge on any atom is -0.356 e. The maximum Gasteiger partial charge on any atom is 0.232 e. The first-order valence-electron chi connectivity index (χ1n) is 8.67. The number of hydrogen-bond donors (Lipinski definition) is 1. The molecule has 0 aliphatic heterocycles. The standard InChI is InChI=1S/C21H19ClN2O2/c1-14(15-5-3-2-4-6-15)23-20(25)21(11-12-21)19-13-18(26-24-19)16-7-9-17(22)10-8-16/h2-10,13-14H,11-12H2,1H3,(H,23,25). The van der Waals surface area contributed by atoms with E-state index in [2.05, 4.69) is 10.5 Å². The molecule has 26 heavy (non-hydrogen) atoms. The van der Waals surface area contributed by atoms with Crippen LogP contribution in [0.5, 0.6) is 0 Å². The van der Waals surface area contributed by atoms with Gasteiger partial charge in [0.1, 0.15) is 0 Å². The highest BCUT2D eigenvalue weighted by molar-refractivity contribution is 6.30. The van der Waals surface area contributed by atoms with Crippen molar-refractivity contribution in [2.75, 3.05) is 0 Å². The molecule has 1 heterocycles. The third-order valence-electron chi connectivity index (χ3n) is 4.96. The molecule has 1 saturated carbocycles. The van der Waals surface area contributed by atoms with Gasteiger partial charge in [-0.15, -0.1) is 0 Å². The average molecular weight is 367 g/mol. The second-order valence-electron chi connectivity index (χ2n) is 6.77. The van der Waals surface area contributed by atoms with Gasteiger partial charge in [-0.1, -0.05) is 47.1 Å². The van der Waals surface area contributed by atoms with E-state index in [1.165, 1.54) is 0 Å². The third kappa shape index (κ3) is 3.13. The Morgan fingerprint density at radius 1 is 1.15 bits per heavy atom. The predicted octanol–water partition coefficient (Wildman–Crippen LogP) is 4.90. The Bertz CT molecular complexity index is 915. The zero-order valence-electron chi connectivity index (χ0n) is 14.4. The van der Waals surface area contributed by atoms with Crippen molar-refractivity contribution in [1.82, 2.24) is 10.5 Å². The van der Waals surface area contributed by atoms with E-state index in [4.69, 9.17) is 16.1 Å². The molecule has 3 aromatic rings. The first-order valence-corrected chi connectivity index (χ1v) is 9.05. The van der Waals surface area contributed by atoms with E-state index in [0.29, 0.717) is 16.5 Å². The molecule has 1 fully saturated rings. The molecule has 1 N–H and O–H groups in total. The highest BCUT2D eigenvalue weighted by atomic mass is 35.5. The molecule has 5 heteroatoms. The maximum absolute atomic E-state index is 12.9. The monoisotopic (exact) mass is 366 g/mol. The number of amides is 1. The van der Waals surface area contributed by atoms with Gasteiger partial charge in [-0.3, -0.25) is 4.79 Å². The quantitative estimate of drug-likeness (QED) is 0.698. The number of hydrogen-bond acceptors (Lipinski definition) is 3. The van der Waals surface area contributed by atoms with Crippen LogP contribution >= 0.6 is 11.6 Å². The number of rotatable bonds is 5. The molecule has 132 valence electrons. The van der Waals surface area contributed by atoms with Crippen LogP contribution in [0.3, 0.4) is 0 Å². The van der Waals surface area contributed by atoms with Gasteiger partial charge in [-0.25, -0.2) is 0 Å². The summed E-state index contributed by atoms with van der Waals surface area (Å²) in [6.07, 6.45) is 1.57. The normalized spacial score (nSPS) is 16.1. The lowest BCUT2D eigenvalue weighted by Gasteiger charge is -2.18. The SMILES string of the molecule is CC(NC(=O)C1(c2cc(-c3ccc(Cl)cc3)on2)CC1)c1ccccc1. The Hall–Kier alpha value is -2.59. The molecule has 1 amide bonds. The maximum atomic E-state index is 12.9. The molecular formula is C21H19ClN2O2. The van der Waals surface area contributed by atoms with Gasteiger partial charge in [-0.2, -0.15) is 0 Å². The van der Waals surface area contributed by atoms with Crippen LogP contribution in [0, 0.1) is 0 Å². The van der Waals surface area contributed by atoms with E-state index in [1.807, 2.05) is 55.5 Å². The van der Waals surface area contributed by atoms with E-state index in [-0.39, 0.29) is 11.9 Å². The minimum atomic E-state index is -0.572. The molecule has 2 aromatic carbocycles. The van der Waals surface area contributed by atoms with Gasteiger partial charge >= 0.3 is 0 Å². The molecular weight excluding hydrogens is 348 g/mol. The molecule has 0 bridgehead atoms. The summed E-state index contributed by atoms with van der Waals surface area (Å²) in [6.45, 7) is 1.99. The highest BCUT2D eigenvalue weighted by Gasteiger charge is 2.54. The van der Waals surface area contributed by atoms with E-state index < -0.39 is 5.41 Å². The number of carbonyl (C=O) groups excluding carboxylic acids is 1. The van der Waals surface area contributed by atoms with Crippen LogP contribution < -0.4 is 5.32 Å². The molecule has 1 atom stereocenters. The molecule has 1 aliphatic rings. The molecule has 0 spiro atoms. The number of benzene rings is 2. The summed E-state index contributed by atoms with van der Waals surface area (Å²) in [5.41, 5.74) is 2.10. The fourth-order valence-electron chi connectivity index (χ4n) is 3.14. The first kappa shape index (κ1) is 16.9. The molecule has 1 aromatic heterocycles. The van der Waals surface area contributed by atoms with Crippen LogP contribution in [0.4, 0.5) is 0 Å². The number of aromatic nitrogens is 1. The Labute approximate surface area is 157 Å². The van der Waals surface area contributed by atoms with Crippen LogP contribution in [0.15, 0.2) is 65.2 Å². The third-order valence-corrected chi connectivity index (χ3v) is 5.21. The Morgan fingerprint density at radius 2 is 1.85 bits per heavy atom. The molecule has 1 aliphatic carbocycles. The molecule has 0 radical (unpaired) electrons. The van der Waals surface area contributed by atoms with Gasteiger partial charge in [0.25, 0.3) is 0 Å². The lowest BCUT2D eigenvalue weighted by molar-refractivity contribution is -0.124. The van der Waals surface area contributed by atoms with Crippen molar-refractivity contribution in [1.29, 1.82) is 0 Å². The van der Waals surface area contributed by atoms with Gasteiger partial charge < -0.3 is 9.84 Å². The fourth-order valence-corrected chi connectivity index (χ4v) is 3.26. The molecule has 1 unspecified atom stereocenters. The van der Waals surface area contributed by atoms with Crippen LogP contribution in [0.2, 0.25) is 5.02 Å². The number of carbonyl (C=O) groups is 1. The summed E-state index contributed by atoms with van der Waals surface area (Å²) in [5, 5.41) is 7.97. The zero-order valence-corrected chi connectivity index (χ0v) is 15.2. The van der Waals surface area contributed by atoms with E-state index in [1.54, 1.807) is 12.1 Å². The number of nitrogens with one attached hydrogen (secondary N) is 1. The largest absolute Gasteiger partial charge is 0.356 e. The van der Waals surface area contributed by atoms with Crippen LogP contribution in [-0.4, -0.2) is 11.1 Å². The van der Waals surface area contributed by atoms with Crippen molar-refractivity contribution in [3.8, 4) is 11.3 Å². The van der Waals surface area contributed by atoms with Gasteiger partial charge in [0.2, 0.25) is 5.91 Å². The van der Waals surface area contributed by atoms with E-state index >= 15 is 0 Å². The van der Waals surface area contributed by atoms with E-state index in [9.17, 15) is 4.79 Å². The van der Waals surface area contributed by atoms with Crippen LogP contribution in [-0.2, 0) is 10.2 Å². The summed E-state index contributed by atoms with van der Waals surface area (Å²) in [4.78, 5) is 12.9. The first-order chi connectivity index (χ1) is 12.6. The lowest BCUT2D eigenvalue weighted by atomic mass is 9.99. The van der Waals surface area contributed by atoms with Crippen LogP contribution in [0.25, 0.3) is 11.3 Å². The van der Waals surface area contributed by atoms with Crippen molar-refractivity contribution in [3.63, 3.8) is 0 Å². The van der Waals surface area contributed by atoms with E-state index in [0.717, 1.165) is 24.0 Å². The summed E-state index contributed by atoms with van der Waals surface area (Å²) in [6, 6.07) is 19.1. The van der Waals surface area contributed by atoms with Gasteiger partial charge in [0, 0.05) is 16.7 Å². The lowest BCUT2D eigenvalue weighted by Crippen LogP contribution is -2.36.